The van der Waals surface area contributed by atoms with Gasteiger partial charge < -0.3 is 15.0 Å². The Bertz CT molecular complexity index is 466. The lowest BCUT2D eigenvalue weighted by atomic mass is 10.1. The summed E-state index contributed by atoms with van der Waals surface area (Å²) in [5.41, 5.74) is 2.69. The van der Waals surface area contributed by atoms with Gasteiger partial charge in [-0.25, -0.2) is 0 Å². The van der Waals surface area contributed by atoms with Crippen LogP contribution in [0, 0.1) is 5.92 Å². The summed E-state index contributed by atoms with van der Waals surface area (Å²) < 4.78 is 6.25. The first-order chi connectivity index (χ1) is 9.78. The van der Waals surface area contributed by atoms with E-state index in [1.54, 1.807) is 7.11 Å². The third-order valence-electron chi connectivity index (χ3n) is 4.58. The number of nitrogens with one attached hydrogen (secondary N) is 1. The SMILES string of the molecule is COCCNCc1ccc(N2CC3CCC2C3)cc1Br. The van der Waals surface area contributed by atoms with Crippen LogP contribution in [-0.4, -0.2) is 32.8 Å². The van der Waals surface area contributed by atoms with Gasteiger partial charge >= 0.3 is 0 Å². The van der Waals surface area contributed by atoms with Gasteiger partial charge in [0.25, 0.3) is 0 Å². The van der Waals surface area contributed by atoms with Crippen LogP contribution in [0.2, 0.25) is 0 Å². The van der Waals surface area contributed by atoms with Gasteiger partial charge in [-0.3, -0.25) is 0 Å². The summed E-state index contributed by atoms with van der Waals surface area (Å²) in [7, 11) is 1.73. The van der Waals surface area contributed by atoms with Gasteiger partial charge in [0.2, 0.25) is 0 Å². The molecule has 110 valence electrons. The van der Waals surface area contributed by atoms with Crippen LogP contribution in [0.1, 0.15) is 24.8 Å². The molecule has 1 aromatic carbocycles. The molecule has 0 radical (unpaired) electrons. The minimum absolute atomic E-state index is 0.756. The number of halogens is 1. The predicted octanol–water partition coefficient (Wildman–Crippen LogP) is 3.17. The summed E-state index contributed by atoms with van der Waals surface area (Å²) in [6, 6.07) is 7.59. The average molecular weight is 339 g/mol. The van der Waals surface area contributed by atoms with Crippen molar-refractivity contribution in [2.24, 2.45) is 5.92 Å². The largest absolute Gasteiger partial charge is 0.383 e. The molecule has 1 aromatic rings. The van der Waals surface area contributed by atoms with Crippen LogP contribution in [0.15, 0.2) is 22.7 Å². The summed E-state index contributed by atoms with van der Waals surface area (Å²) in [6.07, 6.45) is 4.21. The topological polar surface area (TPSA) is 24.5 Å². The normalized spacial score (nSPS) is 24.6. The molecule has 2 atom stereocenters. The molecule has 2 fully saturated rings. The zero-order valence-electron chi connectivity index (χ0n) is 12.1. The highest BCUT2D eigenvalue weighted by molar-refractivity contribution is 9.10. The van der Waals surface area contributed by atoms with Crippen molar-refractivity contribution in [1.29, 1.82) is 0 Å². The standard InChI is InChI=1S/C16H23BrN2O/c1-20-7-6-18-10-13-3-5-15(9-16(13)17)19-11-12-2-4-14(19)8-12/h3,5,9,12,14,18H,2,4,6-8,10-11H2,1H3. The van der Waals surface area contributed by atoms with Gasteiger partial charge in [-0.2, -0.15) is 0 Å². The molecule has 20 heavy (non-hydrogen) atoms. The summed E-state index contributed by atoms with van der Waals surface area (Å²) in [5, 5.41) is 3.39. The average Bonchev–Trinajstić information content (AvgIpc) is 3.07. The number of piperidine rings is 1. The Balaban J connectivity index is 1.62. The monoisotopic (exact) mass is 338 g/mol. The second kappa shape index (κ2) is 6.46. The third-order valence-corrected chi connectivity index (χ3v) is 5.31. The van der Waals surface area contributed by atoms with Gasteiger partial charge in [0, 0.05) is 42.9 Å². The van der Waals surface area contributed by atoms with E-state index < -0.39 is 0 Å². The van der Waals surface area contributed by atoms with Crippen molar-refractivity contribution in [1.82, 2.24) is 5.32 Å². The number of anilines is 1. The summed E-state index contributed by atoms with van der Waals surface area (Å²) >= 11 is 3.72. The zero-order valence-corrected chi connectivity index (χ0v) is 13.7. The number of methoxy groups -OCH3 is 1. The molecule has 2 unspecified atom stereocenters. The molecule has 1 heterocycles. The molecule has 1 N–H and O–H groups in total. The lowest BCUT2D eigenvalue weighted by molar-refractivity contribution is 0.199. The first-order valence-corrected chi connectivity index (χ1v) is 8.32. The minimum Gasteiger partial charge on any atom is -0.383 e. The van der Waals surface area contributed by atoms with Crippen molar-refractivity contribution in [3.63, 3.8) is 0 Å². The molecular weight excluding hydrogens is 316 g/mol. The van der Waals surface area contributed by atoms with Gasteiger partial charge in [-0.05, 0) is 42.9 Å². The van der Waals surface area contributed by atoms with E-state index in [1.807, 2.05) is 0 Å². The maximum atomic E-state index is 5.04. The predicted molar refractivity (Wildman–Crippen MR) is 86.2 cm³/mol. The van der Waals surface area contributed by atoms with E-state index in [0.717, 1.165) is 31.7 Å². The summed E-state index contributed by atoms with van der Waals surface area (Å²) in [5.74, 6) is 0.939. The van der Waals surface area contributed by atoms with Crippen LogP contribution in [0.5, 0.6) is 0 Å². The van der Waals surface area contributed by atoms with E-state index >= 15 is 0 Å². The van der Waals surface area contributed by atoms with E-state index in [4.69, 9.17) is 4.74 Å². The first-order valence-electron chi connectivity index (χ1n) is 7.52. The van der Waals surface area contributed by atoms with Crippen molar-refractivity contribution in [3.8, 4) is 0 Å². The first kappa shape index (κ1) is 14.4. The highest BCUT2D eigenvalue weighted by Crippen LogP contribution is 2.40. The van der Waals surface area contributed by atoms with E-state index in [0.29, 0.717) is 0 Å². The molecule has 1 aliphatic heterocycles. The molecule has 0 aromatic heterocycles. The molecule has 2 aliphatic rings. The fourth-order valence-electron chi connectivity index (χ4n) is 3.50. The van der Waals surface area contributed by atoms with Crippen LogP contribution in [0.4, 0.5) is 5.69 Å². The number of hydrogen-bond donors (Lipinski definition) is 1. The highest BCUT2D eigenvalue weighted by Gasteiger charge is 2.37. The van der Waals surface area contributed by atoms with Gasteiger partial charge in [0.1, 0.15) is 0 Å². The number of ether oxygens (including phenoxy) is 1. The molecule has 4 heteroatoms. The molecule has 3 rings (SSSR count). The second-order valence-electron chi connectivity index (χ2n) is 5.93. The number of fused-ring (bicyclic) bond motifs is 2. The maximum absolute atomic E-state index is 5.04. The van der Waals surface area contributed by atoms with Crippen molar-refractivity contribution in [3.05, 3.63) is 28.2 Å². The lowest BCUT2D eigenvalue weighted by Gasteiger charge is -2.29. The van der Waals surface area contributed by atoms with Crippen molar-refractivity contribution in [2.45, 2.75) is 31.8 Å². The van der Waals surface area contributed by atoms with Crippen LogP contribution >= 0.6 is 15.9 Å². The molecule has 0 amide bonds. The van der Waals surface area contributed by atoms with Gasteiger partial charge in [-0.1, -0.05) is 22.0 Å². The van der Waals surface area contributed by atoms with E-state index in [-0.39, 0.29) is 0 Å². The molecule has 3 nitrogen and oxygen atoms in total. The van der Waals surface area contributed by atoms with Gasteiger partial charge in [0.05, 0.1) is 6.61 Å². The second-order valence-corrected chi connectivity index (χ2v) is 6.78. The number of nitrogens with zero attached hydrogens (tertiary/aromatic N) is 1. The van der Waals surface area contributed by atoms with Crippen LogP contribution in [0.3, 0.4) is 0 Å². The Morgan fingerprint density at radius 3 is 2.95 bits per heavy atom. The van der Waals surface area contributed by atoms with Crippen molar-refractivity contribution in [2.75, 3.05) is 31.7 Å². The summed E-state index contributed by atoms with van der Waals surface area (Å²) in [6.45, 7) is 3.78. The third kappa shape index (κ3) is 3.02. The van der Waals surface area contributed by atoms with Crippen molar-refractivity contribution >= 4 is 21.6 Å². The van der Waals surface area contributed by atoms with E-state index in [9.17, 15) is 0 Å². The Morgan fingerprint density at radius 2 is 2.30 bits per heavy atom. The molecule has 1 saturated carbocycles. The minimum atomic E-state index is 0.756. The number of benzene rings is 1. The number of hydrogen-bond acceptors (Lipinski definition) is 3. The lowest BCUT2D eigenvalue weighted by Crippen LogP contribution is -2.31. The van der Waals surface area contributed by atoms with Gasteiger partial charge in [0.15, 0.2) is 0 Å². The van der Waals surface area contributed by atoms with Crippen LogP contribution in [-0.2, 0) is 11.3 Å². The Kier molecular flexibility index (Phi) is 4.64. The number of rotatable bonds is 6. The molecule has 1 saturated heterocycles. The quantitative estimate of drug-likeness (QED) is 0.806. The van der Waals surface area contributed by atoms with Crippen molar-refractivity contribution < 1.29 is 4.74 Å². The fraction of sp³-hybridized carbons (Fsp3) is 0.625. The summed E-state index contributed by atoms with van der Waals surface area (Å²) in [4.78, 5) is 2.60. The molecule has 1 aliphatic carbocycles. The molecule has 0 spiro atoms. The van der Waals surface area contributed by atoms with E-state index in [2.05, 4.69) is 44.3 Å². The van der Waals surface area contributed by atoms with E-state index in [1.165, 1.54) is 41.5 Å². The fourth-order valence-corrected chi connectivity index (χ4v) is 4.00. The Morgan fingerprint density at radius 1 is 1.40 bits per heavy atom. The Hall–Kier alpha value is -0.580. The van der Waals surface area contributed by atoms with Crippen LogP contribution in [0.25, 0.3) is 0 Å². The highest BCUT2D eigenvalue weighted by atomic mass is 79.9. The Labute approximate surface area is 129 Å². The zero-order chi connectivity index (χ0) is 13.9. The van der Waals surface area contributed by atoms with Crippen LogP contribution < -0.4 is 10.2 Å². The molecular formula is C16H23BrN2O. The maximum Gasteiger partial charge on any atom is 0.0587 e. The smallest absolute Gasteiger partial charge is 0.0587 e. The molecule has 2 bridgehead atoms. The van der Waals surface area contributed by atoms with Gasteiger partial charge in [-0.15, -0.1) is 0 Å².